The number of imidazole rings is 1. The van der Waals surface area contributed by atoms with Crippen LogP contribution in [0.25, 0.3) is 5.65 Å². The van der Waals surface area contributed by atoms with E-state index in [1.807, 2.05) is 0 Å². The fraction of sp³-hybridized carbons (Fsp3) is 0.143. The van der Waals surface area contributed by atoms with Crippen LogP contribution < -0.4 is 22.5 Å². The molecule has 2 aromatic heterocycles. The molecular formula is C14H12N10O7. The number of benzene rings is 1. The molecule has 2 heterocycles. The molecule has 17 nitrogen and oxygen atoms in total. The lowest BCUT2D eigenvalue weighted by Crippen LogP contribution is -2.32. The number of hydrogen-bond donors (Lipinski definition) is 3. The first kappa shape index (κ1) is 20.8. The van der Waals surface area contributed by atoms with Crippen molar-refractivity contribution in [1.29, 1.82) is 0 Å². The van der Waals surface area contributed by atoms with Gasteiger partial charge in [0.15, 0.2) is 11.3 Å². The van der Waals surface area contributed by atoms with Gasteiger partial charge in [0, 0.05) is 6.54 Å². The van der Waals surface area contributed by atoms with Crippen molar-refractivity contribution in [3.05, 3.63) is 60.4 Å². The van der Waals surface area contributed by atoms with Gasteiger partial charge in [-0.2, -0.15) is 4.68 Å². The number of nitrogens with one attached hydrogen (secondary N) is 1. The fourth-order valence-corrected chi connectivity index (χ4v) is 2.67. The molecule has 1 aromatic carbocycles. The van der Waals surface area contributed by atoms with E-state index in [9.17, 15) is 34.6 Å². The van der Waals surface area contributed by atoms with Gasteiger partial charge >= 0.3 is 5.69 Å². The Bertz CT molecular complexity index is 1310. The third kappa shape index (κ3) is 3.81. The van der Waals surface area contributed by atoms with E-state index in [4.69, 9.17) is 11.5 Å². The zero-order valence-electron chi connectivity index (χ0n) is 15.3. The number of hydrogen-bond acceptors (Lipinski definition) is 11. The molecule has 17 heteroatoms. The maximum absolute atomic E-state index is 12.4. The van der Waals surface area contributed by atoms with Crippen LogP contribution in [0, 0.1) is 20.2 Å². The van der Waals surface area contributed by atoms with Gasteiger partial charge in [-0.3, -0.25) is 29.8 Å². The van der Waals surface area contributed by atoms with Crippen molar-refractivity contribution in [3.63, 3.8) is 0 Å². The van der Waals surface area contributed by atoms with Crippen LogP contribution in [0.15, 0.2) is 23.3 Å². The summed E-state index contributed by atoms with van der Waals surface area (Å²) in [5.74, 6) is -2.05. The average molecular weight is 432 g/mol. The highest BCUT2D eigenvalue weighted by molar-refractivity contribution is 5.99. The van der Waals surface area contributed by atoms with Gasteiger partial charge < -0.3 is 16.8 Å². The van der Waals surface area contributed by atoms with E-state index in [-0.39, 0.29) is 30.1 Å². The molecule has 5 N–H and O–H groups in total. The molecule has 0 spiro atoms. The van der Waals surface area contributed by atoms with Crippen molar-refractivity contribution in [2.24, 2.45) is 11.5 Å². The number of nitrogens with two attached hydrogens (primary N) is 2. The Kier molecular flexibility index (Phi) is 5.23. The van der Waals surface area contributed by atoms with Crippen LogP contribution in [0.4, 0.5) is 17.1 Å². The second kappa shape index (κ2) is 7.81. The molecule has 0 bridgehead atoms. The van der Waals surface area contributed by atoms with E-state index >= 15 is 0 Å². The number of nitro benzene ring substituents is 2. The molecule has 31 heavy (non-hydrogen) atoms. The smallest absolute Gasteiger partial charge is 0.353 e. The van der Waals surface area contributed by atoms with E-state index < -0.39 is 44.3 Å². The number of carbonyl (C=O) groups excluding carboxylic acids is 2. The first-order chi connectivity index (χ1) is 14.6. The number of nitro groups is 2. The van der Waals surface area contributed by atoms with Gasteiger partial charge in [-0.05, 0) is 6.07 Å². The van der Waals surface area contributed by atoms with Gasteiger partial charge in [0.2, 0.25) is 0 Å². The Hall–Kier alpha value is -4.96. The van der Waals surface area contributed by atoms with Gasteiger partial charge in [0.25, 0.3) is 23.2 Å². The van der Waals surface area contributed by atoms with Crippen molar-refractivity contribution < 1.29 is 19.4 Å². The molecular weight excluding hydrogens is 420 g/mol. The highest BCUT2D eigenvalue weighted by Crippen LogP contribution is 2.32. The van der Waals surface area contributed by atoms with E-state index in [1.54, 1.807) is 0 Å². The molecule has 0 radical (unpaired) electrons. The van der Waals surface area contributed by atoms with E-state index in [0.717, 1.165) is 21.5 Å². The van der Waals surface area contributed by atoms with Gasteiger partial charge in [-0.25, -0.2) is 14.2 Å². The lowest BCUT2D eigenvalue weighted by atomic mass is 10.1. The van der Waals surface area contributed by atoms with Gasteiger partial charge in [0.1, 0.15) is 17.6 Å². The lowest BCUT2D eigenvalue weighted by molar-refractivity contribution is -0.393. The van der Waals surface area contributed by atoms with Gasteiger partial charge in [-0.1, -0.05) is 5.21 Å². The summed E-state index contributed by atoms with van der Waals surface area (Å²) in [6, 6.07) is 1.49. The second-order valence-corrected chi connectivity index (χ2v) is 5.94. The quantitative estimate of drug-likeness (QED) is 0.270. The van der Waals surface area contributed by atoms with Crippen molar-refractivity contribution >= 4 is 34.5 Å². The monoisotopic (exact) mass is 432 g/mol. The predicted molar refractivity (Wildman–Crippen MR) is 100 cm³/mol. The molecule has 3 rings (SSSR count). The molecule has 0 aliphatic rings. The minimum absolute atomic E-state index is 0.131. The maximum Gasteiger partial charge on any atom is 0.353 e. The summed E-state index contributed by atoms with van der Waals surface area (Å²) in [7, 11) is 0. The van der Waals surface area contributed by atoms with Crippen molar-refractivity contribution in [2.45, 2.75) is 6.54 Å². The Morgan fingerprint density at radius 1 is 1.10 bits per heavy atom. The highest BCUT2D eigenvalue weighted by Gasteiger charge is 2.27. The third-order valence-corrected chi connectivity index (χ3v) is 4.06. The predicted octanol–water partition coefficient (Wildman–Crippen LogP) is -1.59. The molecule has 2 amide bonds. The standard InChI is InChI=1S/C14H12N10O7/c15-11(25)6-3-7(9(24(30)31)4-8(6)23(28)29)17-1-2-22-14(27)21-5-18-10(12(16)26)13(21)19-20-22/h3-5,17H,1-2H2,(H2,15,25)(H2,16,26). The number of rotatable bonds is 8. The number of amides is 2. The number of primary amides is 2. The molecule has 0 saturated heterocycles. The number of fused-ring (bicyclic) bond motifs is 1. The van der Waals surface area contributed by atoms with Crippen LogP contribution >= 0.6 is 0 Å². The minimum Gasteiger partial charge on any atom is -0.378 e. The van der Waals surface area contributed by atoms with Crippen molar-refractivity contribution in [1.82, 2.24) is 24.4 Å². The molecule has 160 valence electrons. The van der Waals surface area contributed by atoms with Crippen LogP contribution in [0.1, 0.15) is 20.8 Å². The number of nitrogens with zero attached hydrogens (tertiary/aromatic N) is 7. The van der Waals surface area contributed by atoms with E-state index in [1.165, 1.54) is 0 Å². The summed E-state index contributed by atoms with van der Waals surface area (Å²) >= 11 is 0. The maximum atomic E-state index is 12.4. The summed E-state index contributed by atoms with van der Waals surface area (Å²) in [6.07, 6.45) is 1.04. The zero-order valence-corrected chi connectivity index (χ0v) is 15.3. The zero-order chi connectivity index (χ0) is 22.9. The molecule has 3 aromatic rings. The number of aromatic nitrogens is 5. The highest BCUT2D eigenvalue weighted by atomic mass is 16.6. The summed E-state index contributed by atoms with van der Waals surface area (Å²) in [5, 5.41) is 32.3. The molecule has 0 fully saturated rings. The van der Waals surface area contributed by atoms with Gasteiger partial charge in [0.05, 0.1) is 22.5 Å². The largest absolute Gasteiger partial charge is 0.378 e. The normalized spacial score (nSPS) is 10.7. The summed E-state index contributed by atoms with van der Waals surface area (Å²) in [5.41, 5.74) is 6.89. The van der Waals surface area contributed by atoms with Crippen LogP contribution in [0.2, 0.25) is 0 Å². The van der Waals surface area contributed by atoms with E-state index in [2.05, 4.69) is 20.6 Å². The summed E-state index contributed by atoms with van der Waals surface area (Å²) in [4.78, 5) is 59.3. The topological polar surface area (TPSA) is 250 Å². The third-order valence-electron chi connectivity index (χ3n) is 4.06. The Morgan fingerprint density at radius 2 is 1.77 bits per heavy atom. The number of anilines is 1. The molecule has 0 aliphatic heterocycles. The Labute approximate surface area is 169 Å². The molecule has 0 unspecified atom stereocenters. The number of carbonyl (C=O) groups is 2. The molecule has 0 atom stereocenters. The Balaban J connectivity index is 1.88. The lowest BCUT2D eigenvalue weighted by Gasteiger charge is -2.09. The second-order valence-electron chi connectivity index (χ2n) is 5.94. The summed E-state index contributed by atoms with van der Waals surface area (Å²) < 4.78 is 1.81. The summed E-state index contributed by atoms with van der Waals surface area (Å²) in [6.45, 7) is -0.291. The first-order valence-electron chi connectivity index (χ1n) is 8.23. The molecule has 0 saturated carbocycles. The van der Waals surface area contributed by atoms with Crippen molar-refractivity contribution in [3.8, 4) is 0 Å². The van der Waals surface area contributed by atoms with E-state index in [0.29, 0.717) is 6.07 Å². The van der Waals surface area contributed by atoms with Gasteiger partial charge in [-0.15, -0.1) is 5.10 Å². The van der Waals surface area contributed by atoms with Crippen LogP contribution in [-0.4, -0.2) is 52.6 Å². The van der Waals surface area contributed by atoms with Crippen LogP contribution in [0.3, 0.4) is 0 Å². The average Bonchev–Trinajstić information content (AvgIpc) is 3.14. The van der Waals surface area contributed by atoms with Crippen LogP contribution in [-0.2, 0) is 6.54 Å². The first-order valence-corrected chi connectivity index (χ1v) is 8.23. The van der Waals surface area contributed by atoms with Crippen LogP contribution in [0.5, 0.6) is 0 Å². The fourth-order valence-electron chi connectivity index (χ4n) is 2.67. The molecule has 0 aliphatic carbocycles. The SMILES string of the molecule is NC(=O)c1cc(NCCn2nnc3c(C(N)=O)ncn3c2=O)c([N+](=O)[O-])cc1[N+](=O)[O-]. The Morgan fingerprint density at radius 3 is 2.35 bits per heavy atom. The minimum atomic E-state index is -1.15. The van der Waals surface area contributed by atoms with Crippen molar-refractivity contribution in [2.75, 3.05) is 11.9 Å².